The third-order valence-corrected chi connectivity index (χ3v) is 1.95. The van der Waals surface area contributed by atoms with E-state index in [1.54, 1.807) is 0 Å². The summed E-state index contributed by atoms with van der Waals surface area (Å²) in [7, 11) is 1.46. The standard InChI is InChI=1S/C6H12N2O3/c1-8(6(10)11)4-2-7-3-5(4)9/h4-5,7,9H,2-3H2,1H3,(H,10,11)/t4-,5+/m1/s1. The van der Waals surface area contributed by atoms with E-state index in [4.69, 9.17) is 5.11 Å². The highest BCUT2D eigenvalue weighted by Gasteiger charge is 2.30. The largest absolute Gasteiger partial charge is 0.465 e. The number of nitrogens with zero attached hydrogens (tertiary/aromatic N) is 1. The molecule has 1 saturated heterocycles. The van der Waals surface area contributed by atoms with Gasteiger partial charge in [-0.1, -0.05) is 0 Å². The molecule has 0 bridgehead atoms. The highest BCUT2D eigenvalue weighted by atomic mass is 16.4. The number of rotatable bonds is 1. The SMILES string of the molecule is CN(C(=O)O)[C@@H]1CNC[C@@H]1O. The van der Waals surface area contributed by atoms with Crippen molar-refractivity contribution in [3.63, 3.8) is 0 Å². The molecule has 1 rings (SSSR count). The van der Waals surface area contributed by atoms with Gasteiger partial charge in [0.25, 0.3) is 0 Å². The first-order valence-corrected chi connectivity index (χ1v) is 3.47. The van der Waals surface area contributed by atoms with Crippen molar-refractivity contribution >= 4 is 6.09 Å². The third-order valence-electron chi connectivity index (χ3n) is 1.95. The summed E-state index contributed by atoms with van der Waals surface area (Å²) in [6, 6.07) is -0.299. The molecule has 3 N–H and O–H groups in total. The van der Waals surface area contributed by atoms with E-state index >= 15 is 0 Å². The maximum Gasteiger partial charge on any atom is 0.407 e. The Bertz CT molecular complexity index is 162. The molecule has 0 aliphatic carbocycles. The summed E-state index contributed by atoms with van der Waals surface area (Å²) in [5.41, 5.74) is 0. The summed E-state index contributed by atoms with van der Waals surface area (Å²) in [6.07, 6.45) is -1.58. The second kappa shape index (κ2) is 3.06. The van der Waals surface area contributed by atoms with Crippen LogP contribution in [0.2, 0.25) is 0 Å². The zero-order valence-electron chi connectivity index (χ0n) is 6.32. The number of carboxylic acid groups (broad SMARTS) is 1. The third kappa shape index (κ3) is 1.61. The van der Waals surface area contributed by atoms with Crippen LogP contribution in [-0.2, 0) is 0 Å². The van der Waals surface area contributed by atoms with Crippen molar-refractivity contribution in [2.24, 2.45) is 0 Å². The molecule has 2 atom stereocenters. The fourth-order valence-corrected chi connectivity index (χ4v) is 1.19. The maximum absolute atomic E-state index is 10.4. The van der Waals surface area contributed by atoms with Gasteiger partial charge in [0.05, 0.1) is 12.1 Å². The number of amides is 1. The fourth-order valence-electron chi connectivity index (χ4n) is 1.19. The summed E-state index contributed by atoms with van der Waals surface area (Å²) in [4.78, 5) is 11.5. The van der Waals surface area contributed by atoms with E-state index in [0.717, 1.165) is 4.90 Å². The summed E-state index contributed by atoms with van der Waals surface area (Å²) in [6.45, 7) is 1.01. The second-order valence-electron chi connectivity index (χ2n) is 2.69. The van der Waals surface area contributed by atoms with E-state index in [9.17, 15) is 9.90 Å². The average molecular weight is 160 g/mol. The first-order chi connectivity index (χ1) is 5.13. The van der Waals surface area contributed by atoms with E-state index < -0.39 is 12.2 Å². The van der Waals surface area contributed by atoms with Crippen molar-refractivity contribution in [2.75, 3.05) is 20.1 Å². The minimum Gasteiger partial charge on any atom is -0.465 e. The zero-order chi connectivity index (χ0) is 8.43. The number of hydrogen-bond donors (Lipinski definition) is 3. The van der Waals surface area contributed by atoms with Gasteiger partial charge in [0, 0.05) is 20.1 Å². The molecular formula is C6H12N2O3. The van der Waals surface area contributed by atoms with Crippen molar-refractivity contribution in [1.29, 1.82) is 0 Å². The van der Waals surface area contributed by atoms with Crippen LogP contribution in [0.25, 0.3) is 0 Å². The van der Waals surface area contributed by atoms with E-state index in [1.807, 2.05) is 0 Å². The van der Waals surface area contributed by atoms with Crippen molar-refractivity contribution in [1.82, 2.24) is 10.2 Å². The Morgan fingerprint density at radius 2 is 2.27 bits per heavy atom. The smallest absolute Gasteiger partial charge is 0.407 e. The van der Waals surface area contributed by atoms with Crippen LogP contribution in [0, 0.1) is 0 Å². The van der Waals surface area contributed by atoms with Crippen LogP contribution in [0.4, 0.5) is 4.79 Å². The lowest BCUT2D eigenvalue weighted by atomic mass is 10.2. The minimum absolute atomic E-state index is 0.299. The number of hydrogen-bond acceptors (Lipinski definition) is 3. The molecular weight excluding hydrogens is 148 g/mol. The predicted molar refractivity (Wildman–Crippen MR) is 38.5 cm³/mol. The van der Waals surface area contributed by atoms with Gasteiger partial charge < -0.3 is 20.4 Å². The van der Waals surface area contributed by atoms with Crippen LogP contribution in [0.15, 0.2) is 0 Å². The Morgan fingerprint density at radius 1 is 1.64 bits per heavy atom. The normalized spacial score (nSPS) is 30.4. The van der Waals surface area contributed by atoms with Crippen LogP contribution in [0.1, 0.15) is 0 Å². The van der Waals surface area contributed by atoms with Gasteiger partial charge in [0.1, 0.15) is 0 Å². The molecule has 1 aliphatic heterocycles. The molecule has 0 spiro atoms. The van der Waals surface area contributed by atoms with Gasteiger partial charge in [-0.2, -0.15) is 0 Å². The van der Waals surface area contributed by atoms with Crippen molar-refractivity contribution in [2.45, 2.75) is 12.1 Å². The Hall–Kier alpha value is -0.810. The van der Waals surface area contributed by atoms with E-state index in [-0.39, 0.29) is 6.04 Å². The molecule has 0 aromatic rings. The predicted octanol–water partition coefficient (Wildman–Crippen LogP) is -1.07. The lowest BCUT2D eigenvalue weighted by Crippen LogP contribution is -2.43. The van der Waals surface area contributed by atoms with Crippen molar-refractivity contribution in [3.05, 3.63) is 0 Å². The number of aliphatic hydroxyl groups is 1. The molecule has 11 heavy (non-hydrogen) atoms. The molecule has 5 nitrogen and oxygen atoms in total. The highest BCUT2D eigenvalue weighted by molar-refractivity contribution is 5.65. The summed E-state index contributed by atoms with van der Waals surface area (Å²) < 4.78 is 0. The quantitative estimate of drug-likeness (QED) is 0.456. The number of aliphatic hydroxyl groups excluding tert-OH is 1. The molecule has 0 radical (unpaired) electrons. The molecule has 0 aromatic heterocycles. The van der Waals surface area contributed by atoms with Gasteiger partial charge in [0.15, 0.2) is 0 Å². The van der Waals surface area contributed by atoms with Gasteiger partial charge in [-0.05, 0) is 0 Å². The molecule has 1 amide bonds. The molecule has 1 fully saturated rings. The van der Waals surface area contributed by atoms with Crippen LogP contribution in [-0.4, -0.2) is 53.5 Å². The number of β-amino-alcohol motifs (C(OH)–C–C–N with tert-alkyl or cyclic N) is 1. The molecule has 5 heteroatoms. The van der Waals surface area contributed by atoms with Crippen molar-refractivity contribution in [3.8, 4) is 0 Å². The van der Waals surface area contributed by atoms with E-state index in [2.05, 4.69) is 5.32 Å². The number of likely N-dealkylation sites (N-methyl/N-ethyl adjacent to an activating group) is 1. The molecule has 64 valence electrons. The summed E-state index contributed by atoms with van der Waals surface area (Å²) >= 11 is 0. The average Bonchev–Trinajstić information content (AvgIpc) is 2.33. The Kier molecular flexibility index (Phi) is 2.31. The molecule has 1 aliphatic rings. The highest BCUT2D eigenvalue weighted by Crippen LogP contribution is 2.06. The van der Waals surface area contributed by atoms with Gasteiger partial charge in [-0.25, -0.2) is 4.79 Å². The van der Waals surface area contributed by atoms with E-state index in [0.29, 0.717) is 13.1 Å². The Balaban J connectivity index is 2.52. The van der Waals surface area contributed by atoms with Gasteiger partial charge >= 0.3 is 6.09 Å². The summed E-state index contributed by atoms with van der Waals surface area (Å²) in [5.74, 6) is 0. The maximum atomic E-state index is 10.4. The Morgan fingerprint density at radius 3 is 2.64 bits per heavy atom. The monoisotopic (exact) mass is 160 g/mol. The van der Waals surface area contributed by atoms with Crippen molar-refractivity contribution < 1.29 is 15.0 Å². The van der Waals surface area contributed by atoms with E-state index in [1.165, 1.54) is 7.05 Å². The zero-order valence-corrected chi connectivity index (χ0v) is 6.32. The number of nitrogens with one attached hydrogen (secondary N) is 1. The van der Waals surface area contributed by atoms with Crippen LogP contribution >= 0.6 is 0 Å². The van der Waals surface area contributed by atoms with Crippen LogP contribution in [0.5, 0.6) is 0 Å². The molecule has 0 unspecified atom stereocenters. The van der Waals surface area contributed by atoms with Gasteiger partial charge in [-0.3, -0.25) is 0 Å². The number of carbonyl (C=O) groups is 1. The minimum atomic E-state index is -1.00. The lowest BCUT2D eigenvalue weighted by Gasteiger charge is -2.22. The topological polar surface area (TPSA) is 72.8 Å². The van der Waals surface area contributed by atoms with Crippen LogP contribution < -0.4 is 5.32 Å². The lowest BCUT2D eigenvalue weighted by molar-refractivity contribution is 0.0874. The first-order valence-electron chi connectivity index (χ1n) is 3.47. The van der Waals surface area contributed by atoms with Crippen LogP contribution in [0.3, 0.4) is 0 Å². The van der Waals surface area contributed by atoms with Gasteiger partial charge in [-0.15, -0.1) is 0 Å². The fraction of sp³-hybridized carbons (Fsp3) is 0.833. The molecule has 0 aromatic carbocycles. The van der Waals surface area contributed by atoms with Gasteiger partial charge in [0.2, 0.25) is 0 Å². The second-order valence-corrected chi connectivity index (χ2v) is 2.69. The first kappa shape index (κ1) is 8.29. The molecule has 1 heterocycles. The molecule has 0 saturated carbocycles. The summed E-state index contributed by atoms with van der Waals surface area (Å²) in [5, 5.41) is 20.7. The Labute approximate surface area is 64.6 Å².